The Morgan fingerprint density at radius 1 is 1.15 bits per heavy atom. The number of aryl methyl sites for hydroxylation is 1. The normalized spacial score (nSPS) is 15.8. The van der Waals surface area contributed by atoms with Crippen molar-refractivity contribution in [2.45, 2.75) is 58.8 Å². The zero-order valence-corrected chi connectivity index (χ0v) is 20.1. The third-order valence-corrected chi connectivity index (χ3v) is 7.15. The zero-order chi connectivity index (χ0) is 23.1. The van der Waals surface area contributed by atoms with Gasteiger partial charge in [-0.1, -0.05) is 26.8 Å². The second-order valence-electron chi connectivity index (χ2n) is 9.71. The fourth-order valence-corrected chi connectivity index (χ4v) is 5.25. The smallest absolute Gasteiger partial charge is 0.160 e. The molecule has 1 fully saturated rings. The van der Waals surface area contributed by atoms with Crippen LogP contribution < -0.4 is 0 Å². The Bertz CT molecular complexity index is 1310. The van der Waals surface area contributed by atoms with E-state index in [0.29, 0.717) is 30.6 Å². The van der Waals surface area contributed by atoms with E-state index in [4.69, 9.17) is 0 Å². The lowest BCUT2D eigenvalue weighted by molar-refractivity contribution is -0.120. The van der Waals surface area contributed by atoms with Gasteiger partial charge < -0.3 is 4.98 Å². The van der Waals surface area contributed by atoms with E-state index in [-0.39, 0.29) is 0 Å². The van der Waals surface area contributed by atoms with E-state index in [2.05, 4.69) is 64.4 Å². The van der Waals surface area contributed by atoms with Gasteiger partial charge in [-0.3, -0.25) is 14.1 Å². The molecule has 0 unspecified atom stereocenters. The first-order valence-corrected chi connectivity index (χ1v) is 12.2. The van der Waals surface area contributed by atoms with Crippen molar-refractivity contribution in [2.75, 3.05) is 19.6 Å². The number of nitrogens with one attached hydrogen (secondary N) is 1. The van der Waals surface area contributed by atoms with Crippen molar-refractivity contribution in [1.29, 1.82) is 0 Å². The number of hydrogen-bond acceptors (Lipinski definition) is 4. The van der Waals surface area contributed by atoms with Gasteiger partial charge in [0.15, 0.2) is 5.65 Å². The second-order valence-corrected chi connectivity index (χ2v) is 9.71. The van der Waals surface area contributed by atoms with Crippen LogP contribution in [0.1, 0.15) is 68.8 Å². The molecule has 4 heterocycles. The Kier molecular flexibility index (Phi) is 5.79. The molecule has 1 aliphatic rings. The summed E-state index contributed by atoms with van der Waals surface area (Å²) in [6.45, 7) is 11.1. The quantitative estimate of drug-likeness (QED) is 0.429. The summed E-state index contributed by atoms with van der Waals surface area (Å²) in [6, 6.07) is 11.1. The zero-order valence-electron chi connectivity index (χ0n) is 20.1. The van der Waals surface area contributed by atoms with Crippen LogP contribution in [0.25, 0.3) is 27.8 Å². The molecule has 3 aromatic heterocycles. The minimum absolute atomic E-state index is 0.344. The van der Waals surface area contributed by atoms with Gasteiger partial charge >= 0.3 is 0 Å². The van der Waals surface area contributed by atoms with Crippen LogP contribution in [-0.2, 0) is 4.79 Å². The molecule has 6 nitrogen and oxygen atoms in total. The molecule has 4 aromatic rings. The lowest BCUT2D eigenvalue weighted by Crippen LogP contribution is -2.36. The summed E-state index contributed by atoms with van der Waals surface area (Å²) >= 11 is 0. The highest BCUT2D eigenvalue weighted by molar-refractivity contribution is 5.92. The summed E-state index contributed by atoms with van der Waals surface area (Å²) in [6.07, 6.45) is 4.99. The van der Waals surface area contributed by atoms with Crippen molar-refractivity contribution in [1.82, 2.24) is 24.5 Å². The highest BCUT2D eigenvalue weighted by Crippen LogP contribution is 2.38. The maximum atomic E-state index is 11.8. The fourth-order valence-electron chi connectivity index (χ4n) is 5.25. The number of pyridine rings is 1. The van der Waals surface area contributed by atoms with Crippen LogP contribution in [0.15, 0.2) is 36.5 Å². The van der Waals surface area contributed by atoms with Gasteiger partial charge in [0.25, 0.3) is 0 Å². The monoisotopic (exact) mass is 443 g/mol. The highest BCUT2D eigenvalue weighted by atomic mass is 16.1. The molecule has 172 valence electrons. The lowest BCUT2D eigenvalue weighted by atomic mass is 9.87. The average molecular weight is 444 g/mol. The van der Waals surface area contributed by atoms with Crippen molar-refractivity contribution >= 4 is 22.3 Å². The number of likely N-dealkylation sites (tertiary alicyclic amines) is 1. The third kappa shape index (κ3) is 4.08. The summed E-state index contributed by atoms with van der Waals surface area (Å²) in [5, 5.41) is 9.74. The molecule has 1 N–H and O–H groups in total. The van der Waals surface area contributed by atoms with Gasteiger partial charge in [-0.15, -0.1) is 10.2 Å². The van der Waals surface area contributed by atoms with Gasteiger partial charge in [-0.25, -0.2) is 0 Å². The molecule has 0 spiro atoms. The maximum absolute atomic E-state index is 11.8. The molecule has 0 saturated carbocycles. The van der Waals surface area contributed by atoms with E-state index in [1.807, 2.05) is 24.3 Å². The number of aromatic nitrogens is 4. The number of Topliss-reactive ketones (excluding diaryl/α,β-unsaturated/α-hetero) is 1. The van der Waals surface area contributed by atoms with Crippen LogP contribution >= 0.6 is 0 Å². The number of benzene rings is 1. The van der Waals surface area contributed by atoms with Crippen molar-refractivity contribution in [3.63, 3.8) is 0 Å². The molecule has 5 rings (SSSR count). The first-order valence-electron chi connectivity index (χ1n) is 12.2. The average Bonchev–Trinajstić information content (AvgIpc) is 3.39. The number of carbonyl (C=O) groups excluding carboxylic acids is 1. The number of piperidine rings is 1. The maximum Gasteiger partial charge on any atom is 0.160 e. The van der Waals surface area contributed by atoms with Crippen molar-refractivity contribution < 1.29 is 4.79 Å². The Hall–Kier alpha value is -2.99. The molecule has 0 radical (unpaired) electrons. The van der Waals surface area contributed by atoms with Gasteiger partial charge in [-0.2, -0.15) is 0 Å². The number of hydrogen-bond donors (Lipinski definition) is 1. The Morgan fingerprint density at radius 2 is 1.94 bits per heavy atom. The van der Waals surface area contributed by atoms with E-state index in [9.17, 15) is 4.79 Å². The van der Waals surface area contributed by atoms with E-state index in [1.54, 1.807) is 0 Å². The third-order valence-electron chi connectivity index (χ3n) is 7.15. The molecule has 0 bridgehead atoms. The Balaban J connectivity index is 1.48. The topological polar surface area (TPSA) is 66.3 Å². The first-order chi connectivity index (χ1) is 15.9. The second kappa shape index (κ2) is 8.75. The van der Waals surface area contributed by atoms with Crippen LogP contribution in [0.5, 0.6) is 0 Å². The molecule has 0 aliphatic carbocycles. The van der Waals surface area contributed by atoms with Gasteiger partial charge in [0.2, 0.25) is 0 Å². The van der Waals surface area contributed by atoms with Crippen molar-refractivity contribution in [2.24, 2.45) is 0 Å². The van der Waals surface area contributed by atoms with Gasteiger partial charge in [-0.05, 0) is 80.1 Å². The van der Waals surface area contributed by atoms with Crippen LogP contribution in [0.4, 0.5) is 0 Å². The van der Waals surface area contributed by atoms with E-state index < -0.39 is 0 Å². The standard InChI is InChI=1S/C27H33N5O/c1-5-22(33)16-31-12-10-19(11-13-31)20-6-8-24-23(14-20)26(17(2)3)27(28-24)21-7-9-25-30-29-18(4)32(25)15-21/h6-9,14-15,17,19,28H,5,10-13,16H2,1-4H3. The number of carbonyl (C=O) groups is 1. The molecular weight excluding hydrogens is 410 g/mol. The van der Waals surface area contributed by atoms with E-state index in [0.717, 1.165) is 43.0 Å². The Labute approximate surface area is 195 Å². The summed E-state index contributed by atoms with van der Waals surface area (Å²) in [4.78, 5) is 17.8. The molecular formula is C27H33N5O. The van der Waals surface area contributed by atoms with Crippen molar-refractivity contribution in [3.05, 3.63) is 53.5 Å². The summed E-state index contributed by atoms with van der Waals surface area (Å²) in [7, 11) is 0. The van der Waals surface area contributed by atoms with Gasteiger partial charge in [0.1, 0.15) is 11.6 Å². The predicted octanol–water partition coefficient (Wildman–Crippen LogP) is 5.47. The number of aromatic amines is 1. The molecule has 6 heteroatoms. The van der Waals surface area contributed by atoms with Crippen LogP contribution in [0.2, 0.25) is 0 Å². The highest BCUT2D eigenvalue weighted by Gasteiger charge is 2.23. The summed E-state index contributed by atoms with van der Waals surface area (Å²) in [5.74, 6) is 2.18. The number of ketones is 1. The Morgan fingerprint density at radius 3 is 2.67 bits per heavy atom. The van der Waals surface area contributed by atoms with Crippen LogP contribution in [0, 0.1) is 6.92 Å². The van der Waals surface area contributed by atoms with E-state index in [1.165, 1.54) is 27.7 Å². The molecule has 0 amide bonds. The number of rotatable bonds is 6. The number of nitrogens with zero attached hydrogens (tertiary/aromatic N) is 4. The van der Waals surface area contributed by atoms with Crippen molar-refractivity contribution in [3.8, 4) is 11.3 Å². The largest absolute Gasteiger partial charge is 0.354 e. The molecule has 1 aromatic carbocycles. The minimum Gasteiger partial charge on any atom is -0.354 e. The fraction of sp³-hybridized carbons (Fsp3) is 0.444. The van der Waals surface area contributed by atoms with Gasteiger partial charge in [0, 0.05) is 29.1 Å². The molecule has 0 atom stereocenters. The summed E-state index contributed by atoms with van der Waals surface area (Å²) in [5.41, 5.74) is 7.17. The first kappa shape index (κ1) is 21.8. The predicted molar refractivity (Wildman–Crippen MR) is 133 cm³/mol. The molecule has 33 heavy (non-hydrogen) atoms. The van der Waals surface area contributed by atoms with E-state index >= 15 is 0 Å². The number of fused-ring (bicyclic) bond motifs is 2. The minimum atomic E-state index is 0.344. The molecule has 1 aliphatic heterocycles. The lowest BCUT2D eigenvalue weighted by Gasteiger charge is -2.31. The van der Waals surface area contributed by atoms with Crippen LogP contribution in [-0.4, -0.2) is 49.9 Å². The SMILES string of the molecule is CCC(=O)CN1CCC(c2ccc3[nH]c(-c4ccc5nnc(C)n5c4)c(C(C)C)c3c2)CC1. The summed E-state index contributed by atoms with van der Waals surface area (Å²) < 4.78 is 2.05. The van der Waals surface area contributed by atoms with Gasteiger partial charge in [0.05, 0.1) is 12.2 Å². The number of H-pyrrole nitrogens is 1. The van der Waals surface area contributed by atoms with Crippen LogP contribution in [0.3, 0.4) is 0 Å². The molecule has 1 saturated heterocycles.